The zero-order chi connectivity index (χ0) is 41.0. The summed E-state index contributed by atoms with van der Waals surface area (Å²) in [5, 5.41) is 4.39. The van der Waals surface area contributed by atoms with Gasteiger partial charge in [-0.1, -0.05) is 152 Å². The lowest BCUT2D eigenvalue weighted by molar-refractivity contribution is 0.670. The molecular formula is C52H58N8. The first-order chi connectivity index (χ1) is 29.6. The quantitative estimate of drug-likeness (QED) is 0.0943. The zero-order valence-electron chi connectivity index (χ0n) is 35.9. The van der Waals surface area contributed by atoms with E-state index in [0.717, 1.165) is 82.8 Å². The highest BCUT2D eigenvalue weighted by Gasteiger charge is 2.26. The Morgan fingerprint density at radius 3 is 0.983 bits per heavy atom. The Hall–Kier alpha value is -5.76. The van der Waals surface area contributed by atoms with Gasteiger partial charge in [0.05, 0.1) is 0 Å². The third-order valence-corrected chi connectivity index (χ3v) is 12.6. The van der Waals surface area contributed by atoms with Crippen LogP contribution in [-0.4, -0.2) is 39.9 Å². The van der Waals surface area contributed by atoms with Gasteiger partial charge in [-0.2, -0.15) is 0 Å². The van der Waals surface area contributed by atoms with E-state index in [0.29, 0.717) is 34.6 Å². The van der Waals surface area contributed by atoms with Crippen LogP contribution >= 0.6 is 0 Å². The smallest absolute Gasteiger partial charge is 0.164 e. The van der Waals surface area contributed by atoms with E-state index in [1.54, 1.807) is 11.1 Å². The average molecular weight is 795 g/mol. The van der Waals surface area contributed by atoms with Crippen molar-refractivity contribution in [3.63, 3.8) is 0 Å². The van der Waals surface area contributed by atoms with Crippen molar-refractivity contribution in [2.24, 2.45) is 0 Å². The van der Waals surface area contributed by atoms with Crippen molar-refractivity contribution in [2.75, 3.05) is 0 Å². The van der Waals surface area contributed by atoms with Crippen LogP contribution in [0.5, 0.6) is 0 Å². The fraction of sp³-hybridized carbons (Fsp3) is 0.385. The van der Waals surface area contributed by atoms with Crippen molar-refractivity contribution < 1.29 is 0 Å². The van der Waals surface area contributed by atoms with Crippen LogP contribution < -0.4 is 0 Å². The minimum Gasteiger partial charge on any atom is -0.324 e. The summed E-state index contributed by atoms with van der Waals surface area (Å²) >= 11 is 0. The number of benzene rings is 4. The topological polar surface area (TPSA) is 109 Å². The molecule has 306 valence electrons. The van der Waals surface area contributed by atoms with Gasteiger partial charge >= 0.3 is 0 Å². The molecule has 0 fully saturated rings. The Morgan fingerprint density at radius 1 is 0.333 bits per heavy atom. The summed E-state index contributed by atoms with van der Waals surface area (Å²) < 4.78 is 0. The molecule has 0 saturated heterocycles. The van der Waals surface area contributed by atoms with E-state index in [9.17, 15) is 0 Å². The number of nitrogens with one attached hydrogen (secondary N) is 2. The van der Waals surface area contributed by atoms with Crippen LogP contribution in [0, 0.1) is 0 Å². The Balaban J connectivity index is 1.47. The zero-order valence-corrected chi connectivity index (χ0v) is 35.9. The van der Waals surface area contributed by atoms with Crippen LogP contribution in [0.3, 0.4) is 0 Å². The maximum absolute atomic E-state index is 5.58. The first kappa shape index (κ1) is 39.7. The van der Waals surface area contributed by atoms with E-state index in [1.165, 1.54) is 86.1 Å². The van der Waals surface area contributed by atoms with Gasteiger partial charge < -0.3 is 9.97 Å². The second-order valence-corrected chi connectivity index (χ2v) is 16.7. The molecule has 7 aromatic rings. The summed E-state index contributed by atoms with van der Waals surface area (Å²) in [7, 11) is 0. The van der Waals surface area contributed by atoms with Crippen molar-refractivity contribution in [1.29, 1.82) is 0 Å². The van der Waals surface area contributed by atoms with Crippen LogP contribution in [0.15, 0.2) is 72.8 Å². The molecular weight excluding hydrogens is 737 g/mol. The van der Waals surface area contributed by atoms with Gasteiger partial charge in [0.2, 0.25) is 0 Å². The summed E-state index contributed by atoms with van der Waals surface area (Å²) in [4.78, 5) is 39.6. The second-order valence-electron chi connectivity index (χ2n) is 16.7. The summed E-state index contributed by atoms with van der Waals surface area (Å²) in [6.45, 7) is 9.24. The molecule has 2 aliphatic heterocycles. The molecule has 9 rings (SSSR count). The molecule has 0 radical (unpaired) electrons. The van der Waals surface area contributed by atoms with E-state index in [4.69, 9.17) is 29.9 Å². The standard InChI is InChI=1S/C52H58N8/c1-5-9-13-23-33-34(24-14-10-6-2)36(26-16-12-8-4)44-43(35(33)25-15-11-7-3)51-58-49-41-31-21-19-29-39(41)47(56-49)54-45-37-27-17-18-28-38(37)46(53-45)55-48-40-30-20-22-32-42(40)50(57-48)59-52(44)60-51/h17-22,27-32H,5-16,23-26H2,1-4H3,(H2,53,54,55,56,57,58,59,60). The molecule has 0 saturated carbocycles. The lowest BCUT2D eigenvalue weighted by Crippen LogP contribution is -2.08. The maximum atomic E-state index is 5.58. The third-order valence-electron chi connectivity index (χ3n) is 12.6. The van der Waals surface area contributed by atoms with Crippen molar-refractivity contribution in [2.45, 2.75) is 130 Å². The SMILES string of the molecule is CCCCCc1c(CCCCC)c(CCCCC)c2c3nc4nc(nc5[nH]c(nc6nc(nc([nH]3)c2c1CCCCC)-c1ccccc1-6)c1ccccc51)-c1ccccc1-4. The number of rotatable bonds is 16. The summed E-state index contributed by atoms with van der Waals surface area (Å²) in [5.74, 6) is 2.60. The van der Waals surface area contributed by atoms with Gasteiger partial charge in [-0.3, -0.25) is 0 Å². The highest BCUT2D eigenvalue weighted by atomic mass is 15.1. The van der Waals surface area contributed by atoms with E-state index >= 15 is 0 Å². The first-order valence-corrected chi connectivity index (χ1v) is 22.9. The molecule has 0 amide bonds. The monoisotopic (exact) mass is 794 g/mol. The fourth-order valence-electron chi connectivity index (χ4n) is 9.53. The molecule has 2 aliphatic rings. The van der Waals surface area contributed by atoms with Crippen LogP contribution in [-0.2, 0) is 25.7 Å². The lowest BCUT2D eigenvalue weighted by atomic mass is 9.82. The number of aromatic amines is 2. The molecule has 3 aromatic heterocycles. The van der Waals surface area contributed by atoms with Crippen LogP contribution in [0.2, 0.25) is 0 Å². The number of aryl methyl sites for hydroxylation is 2. The average Bonchev–Trinajstić information content (AvgIpc) is 4.01. The lowest BCUT2D eigenvalue weighted by Gasteiger charge is -2.22. The second kappa shape index (κ2) is 17.8. The fourth-order valence-corrected chi connectivity index (χ4v) is 9.53. The van der Waals surface area contributed by atoms with Gasteiger partial charge in [0.1, 0.15) is 22.6 Å². The number of H-pyrrole nitrogens is 2. The Morgan fingerprint density at radius 2 is 0.633 bits per heavy atom. The Kier molecular flexibility index (Phi) is 11.8. The molecule has 2 N–H and O–H groups in total. The van der Waals surface area contributed by atoms with Gasteiger partial charge in [0.15, 0.2) is 23.3 Å². The number of nitrogens with zero attached hydrogens (tertiary/aromatic N) is 6. The molecule has 0 atom stereocenters. The Labute approximate surface area is 353 Å². The molecule has 5 heterocycles. The van der Waals surface area contributed by atoms with Crippen LogP contribution in [0.4, 0.5) is 0 Å². The number of hydrogen-bond donors (Lipinski definition) is 2. The molecule has 8 heteroatoms. The molecule has 4 aromatic carbocycles. The van der Waals surface area contributed by atoms with Crippen LogP contribution in [0.1, 0.15) is 127 Å². The van der Waals surface area contributed by atoms with E-state index in [2.05, 4.69) is 98.3 Å². The van der Waals surface area contributed by atoms with Crippen molar-refractivity contribution in [1.82, 2.24) is 39.9 Å². The predicted molar refractivity (Wildman–Crippen MR) is 249 cm³/mol. The van der Waals surface area contributed by atoms with Gasteiger partial charge in [-0.15, -0.1) is 0 Å². The van der Waals surface area contributed by atoms with Crippen LogP contribution in [0.25, 0.3) is 89.7 Å². The number of unbranched alkanes of at least 4 members (excludes halogenated alkanes) is 8. The number of aromatic nitrogens is 8. The molecule has 0 spiro atoms. The van der Waals surface area contributed by atoms with Gasteiger partial charge in [0.25, 0.3) is 0 Å². The van der Waals surface area contributed by atoms with Crippen molar-refractivity contribution in [3.05, 3.63) is 95.1 Å². The highest BCUT2D eigenvalue weighted by molar-refractivity contribution is 6.10. The number of hydrogen-bond acceptors (Lipinski definition) is 6. The van der Waals surface area contributed by atoms with Gasteiger partial charge in [-0.05, 0) is 73.6 Å². The largest absolute Gasteiger partial charge is 0.324 e. The highest BCUT2D eigenvalue weighted by Crippen LogP contribution is 2.42. The van der Waals surface area contributed by atoms with Crippen molar-refractivity contribution in [3.8, 4) is 45.6 Å². The van der Waals surface area contributed by atoms with E-state index < -0.39 is 0 Å². The molecule has 0 unspecified atom stereocenters. The summed E-state index contributed by atoms with van der Waals surface area (Å²) in [6.07, 6.45) is 18.5. The maximum Gasteiger partial charge on any atom is 0.164 e. The summed E-state index contributed by atoms with van der Waals surface area (Å²) in [5.41, 5.74) is 13.0. The van der Waals surface area contributed by atoms with E-state index in [1.807, 2.05) is 12.1 Å². The predicted octanol–water partition coefficient (Wildman–Crippen LogP) is 13.8. The van der Waals surface area contributed by atoms with E-state index in [-0.39, 0.29) is 0 Å². The molecule has 0 aliphatic carbocycles. The minimum absolute atomic E-state index is 0.636. The molecule has 60 heavy (non-hydrogen) atoms. The molecule has 8 nitrogen and oxygen atoms in total. The van der Waals surface area contributed by atoms with Gasteiger partial charge in [-0.25, -0.2) is 29.9 Å². The number of fused-ring (bicyclic) bond motifs is 20. The third kappa shape index (κ3) is 7.50. The molecule has 8 bridgehead atoms. The first-order valence-electron chi connectivity index (χ1n) is 22.9. The minimum atomic E-state index is 0.636. The normalized spacial score (nSPS) is 12.1. The summed E-state index contributed by atoms with van der Waals surface area (Å²) in [6, 6.07) is 25.0. The van der Waals surface area contributed by atoms with Gasteiger partial charge in [0, 0.05) is 43.8 Å². The Bertz CT molecular complexity index is 2660. The van der Waals surface area contributed by atoms with Crippen molar-refractivity contribution >= 4 is 44.1 Å².